The molecule has 0 spiro atoms. The van der Waals surface area contributed by atoms with E-state index in [0.29, 0.717) is 16.9 Å². The summed E-state index contributed by atoms with van der Waals surface area (Å²) in [6.07, 6.45) is -4.37. The maximum absolute atomic E-state index is 12.7. The molecule has 25 heavy (non-hydrogen) atoms. The van der Waals surface area contributed by atoms with Crippen molar-refractivity contribution in [3.63, 3.8) is 0 Å². The molecule has 4 nitrogen and oxygen atoms in total. The molecule has 0 bridgehead atoms. The lowest BCUT2D eigenvalue weighted by molar-refractivity contribution is -0.115. The maximum Gasteiger partial charge on any atom is 0.432 e. The third kappa shape index (κ3) is 3.92. The van der Waals surface area contributed by atoms with Crippen LogP contribution in [0.4, 0.5) is 18.9 Å². The van der Waals surface area contributed by atoms with E-state index in [1.54, 1.807) is 19.1 Å². The number of rotatable bonds is 4. The Morgan fingerprint density at radius 3 is 2.52 bits per heavy atom. The highest BCUT2D eigenvalue weighted by atomic mass is 19.4. The van der Waals surface area contributed by atoms with Crippen LogP contribution in [-0.4, -0.2) is 24.9 Å². The number of allylic oxidation sites excluding steroid dienone is 3. The second-order valence-corrected chi connectivity index (χ2v) is 5.83. The Hall–Kier alpha value is -2.57. The number of aryl methyl sites for hydroxylation is 1. The van der Waals surface area contributed by atoms with Crippen molar-refractivity contribution in [3.05, 3.63) is 46.9 Å². The van der Waals surface area contributed by atoms with Gasteiger partial charge in [-0.05, 0) is 49.6 Å². The van der Waals surface area contributed by atoms with E-state index in [1.165, 1.54) is 14.0 Å². The number of amides is 1. The third-order valence-corrected chi connectivity index (χ3v) is 3.97. The summed E-state index contributed by atoms with van der Waals surface area (Å²) in [7, 11) is 1.44. The quantitative estimate of drug-likeness (QED) is 0.645. The molecule has 1 aromatic carbocycles. The fraction of sp³-hybridized carbons (Fsp3) is 0.333. The molecule has 7 heteroatoms. The van der Waals surface area contributed by atoms with Crippen molar-refractivity contribution in [2.75, 3.05) is 12.4 Å². The number of alkyl halides is 3. The average Bonchev–Trinajstić information content (AvgIpc) is 2.87. The molecule has 1 aromatic rings. The normalized spacial score (nSPS) is 15.5. The second kappa shape index (κ2) is 6.74. The molecule has 0 saturated heterocycles. The van der Waals surface area contributed by atoms with E-state index >= 15 is 0 Å². The zero-order valence-electron chi connectivity index (χ0n) is 14.5. The highest BCUT2D eigenvalue weighted by Crippen LogP contribution is 2.33. The molecule has 134 valence electrons. The molecule has 0 aliphatic carbocycles. The van der Waals surface area contributed by atoms with Crippen molar-refractivity contribution >= 4 is 22.9 Å². The third-order valence-electron chi connectivity index (χ3n) is 3.97. The fourth-order valence-electron chi connectivity index (χ4n) is 2.77. The summed E-state index contributed by atoms with van der Waals surface area (Å²) < 4.78 is 43.5. The van der Waals surface area contributed by atoms with E-state index in [1.807, 2.05) is 6.92 Å². The Labute approximate surface area is 144 Å². The van der Waals surface area contributed by atoms with Gasteiger partial charge >= 0.3 is 6.18 Å². The number of carbonyl (C=O) groups is 1. The van der Waals surface area contributed by atoms with Crippen molar-refractivity contribution in [1.29, 1.82) is 0 Å². The Morgan fingerprint density at radius 1 is 1.32 bits per heavy atom. The van der Waals surface area contributed by atoms with Crippen LogP contribution in [-0.2, 0) is 16.0 Å². The van der Waals surface area contributed by atoms with Gasteiger partial charge in [0.05, 0.1) is 13.5 Å². The smallest absolute Gasteiger partial charge is 0.432 e. The Kier molecular flexibility index (Phi) is 5.06. The van der Waals surface area contributed by atoms with E-state index < -0.39 is 11.9 Å². The summed E-state index contributed by atoms with van der Waals surface area (Å²) in [5, 5.41) is 2.78. The molecule has 0 aromatic heterocycles. The average molecular weight is 352 g/mol. The van der Waals surface area contributed by atoms with Gasteiger partial charge in [0, 0.05) is 17.0 Å². The van der Waals surface area contributed by atoms with Gasteiger partial charge in [-0.25, -0.2) is 4.99 Å². The number of ether oxygens (including phenoxy) is 1. The maximum atomic E-state index is 12.7. The first-order chi connectivity index (χ1) is 11.5. The number of nitrogens with zero attached hydrogens (tertiary/aromatic N) is 1. The first-order valence-electron chi connectivity index (χ1n) is 7.55. The molecular weight excluding hydrogens is 333 g/mol. The predicted octanol–water partition coefficient (Wildman–Crippen LogP) is 4.40. The van der Waals surface area contributed by atoms with Crippen LogP contribution >= 0.6 is 0 Å². The van der Waals surface area contributed by atoms with Gasteiger partial charge in [0.15, 0.2) is 0 Å². The minimum atomic E-state index is -4.60. The molecule has 1 amide bonds. The van der Waals surface area contributed by atoms with Gasteiger partial charge < -0.3 is 10.1 Å². The van der Waals surface area contributed by atoms with Gasteiger partial charge in [-0.2, -0.15) is 13.2 Å². The first kappa shape index (κ1) is 18.8. The highest BCUT2D eigenvalue weighted by Gasteiger charge is 2.32. The van der Waals surface area contributed by atoms with Crippen LogP contribution in [0, 0.1) is 6.92 Å². The van der Waals surface area contributed by atoms with E-state index in [2.05, 4.69) is 16.9 Å². The molecule has 1 aliphatic heterocycles. The van der Waals surface area contributed by atoms with Crippen molar-refractivity contribution < 1.29 is 22.7 Å². The number of fused-ring (bicyclic) bond motifs is 1. The van der Waals surface area contributed by atoms with Crippen LogP contribution in [0.5, 0.6) is 0 Å². The van der Waals surface area contributed by atoms with E-state index in [0.717, 1.165) is 16.8 Å². The van der Waals surface area contributed by atoms with Gasteiger partial charge in [-0.3, -0.25) is 4.79 Å². The number of carbonyl (C=O) groups excluding carboxylic acids is 1. The summed E-state index contributed by atoms with van der Waals surface area (Å²) in [6, 6.07) is 3.56. The molecule has 2 rings (SSSR count). The van der Waals surface area contributed by atoms with Crippen LogP contribution in [0.25, 0.3) is 5.57 Å². The second-order valence-electron chi connectivity index (χ2n) is 5.83. The summed E-state index contributed by atoms with van der Waals surface area (Å²) in [4.78, 5) is 15.2. The van der Waals surface area contributed by atoms with Gasteiger partial charge in [0.2, 0.25) is 5.91 Å². The molecule has 0 fully saturated rings. The van der Waals surface area contributed by atoms with Crippen molar-refractivity contribution in [2.45, 2.75) is 33.4 Å². The number of anilines is 1. The topological polar surface area (TPSA) is 50.7 Å². The zero-order chi connectivity index (χ0) is 18.9. The lowest BCUT2D eigenvalue weighted by atomic mass is 9.95. The number of hydrogen-bond donors (Lipinski definition) is 1. The van der Waals surface area contributed by atoms with Gasteiger partial charge in [-0.15, -0.1) is 0 Å². The molecule has 0 radical (unpaired) electrons. The minimum Gasteiger partial charge on any atom is -0.501 e. The van der Waals surface area contributed by atoms with Gasteiger partial charge in [0.25, 0.3) is 0 Å². The Bertz CT molecular complexity index is 805. The van der Waals surface area contributed by atoms with Crippen molar-refractivity contribution in [3.8, 4) is 0 Å². The highest BCUT2D eigenvalue weighted by molar-refractivity contribution is 6.23. The summed E-state index contributed by atoms with van der Waals surface area (Å²) in [6.45, 7) is 7.93. The number of methoxy groups -OCH3 is 1. The molecule has 1 aliphatic rings. The number of halogens is 3. The largest absolute Gasteiger partial charge is 0.501 e. The van der Waals surface area contributed by atoms with Crippen molar-refractivity contribution in [2.24, 2.45) is 4.99 Å². The standard InChI is InChI=1S/C18H19F3N2O2/c1-9-6-13(7-14-8-15(24)23-17(9)14)16(11(3)25-5)10(2)22-12(4)18(19,20)21/h6-7H,4,8H2,1-3,5H3,(H,23,24)/b16-11-,22-10+. The van der Waals surface area contributed by atoms with E-state index in [-0.39, 0.29) is 18.0 Å². The summed E-state index contributed by atoms with van der Waals surface area (Å²) in [5.41, 5.74) is 2.41. The van der Waals surface area contributed by atoms with Crippen LogP contribution in [0.3, 0.4) is 0 Å². The molecule has 0 atom stereocenters. The lowest BCUT2D eigenvalue weighted by Crippen LogP contribution is -2.11. The molecule has 0 saturated carbocycles. The molecule has 1 N–H and O–H groups in total. The fourth-order valence-corrected chi connectivity index (χ4v) is 2.77. The number of aliphatic imine (C=N–C) groups is 1. The predicted molar refractivity (Wildman–Crippen MR) is 91.4 cm³/mol. The Balaban J connectivity index is 2.57. The van der Waals surface area contributed by atoms with Crippen LogP contribution in [0.2, 0.25) is 0 Å². The molecule has 0 unspecified atom stereocenters. The number of nitrogens with one attached hydrogen (secondary N) is 1. The lowest BCUT2D eigenvalue weighted by Gasteiger charge is -2.15. The summed E-state index contributed by atoms with van der Waals surface area (Å²) in [5.74, 6) is 0.313. The van der Waals surface area contributed by atoms with Crippen molar-refractivity contribution in [1.82, 2.24) is 0 Å². The van der Waals surface area contributed by atoms with Crippen LogP contribution in [0.15, 0.2) is 35.2 Å². The Morgan fingerprint density at radius 2 is 1.96 bits per heavy atom. The monoisotopic (exact) mass is 352 g/mol. The van der Waals surface area contributed by atoms with Gasteiger partial charge in [-0.1, -0.05) is 6.58 Å². The molecule has 1 heterocycles. The van der Waals surface area contributed by atoms with E-state index in [9.17, 15) is 18.0 Å². The van der Waals surface area contributed by atoms with Crippen LogP contribution in [0.1, 0.15) is 30.5 Å². The van der Waals surface area contributed by atoms with Gasteiger partial charge in [0.1, 0.15) is 11.5 Å². The minimum absolute atomic E-state index is 0.111. The first-order valence-corrected chi connectivity index (χ1v) is 7.55. The van der Waals surface area contributed by atoms with Crippen LogP contribution < -0.4 is 5.32 Å². The zero-order valence-corrected chi connectivity index (χ0v) is 14.5. The summed E-state index contributed by atoms with van der Waals surface area (Å²) >= 11 is 0. The van der Waals surface area contributed by atoms with E-state index in [4.69, 9.17) is 4.74 Å². The number of benzene rings is 1. The molecular formula is C18H19F3N2O2. The number of hydrogen-bond acceptors (Lipinski definition) is 3. The SMILES string of the molecule is C=C(/N=C(C)/C(=C(\C)OC)c1cc(C)c2c(c1)CC(=O)N2)C(F)(F)F.